The summed E-state index contributed by atoms with van der Waals surface area (Å²) in [5.74, 6) is 1.77. The third-order valence-corrected chi connectivity index (χ3v) is 4.17. The van der Waals surface area contributed by atoms with Gasteiger partial charge in [-0.15, -0.1) is 10.2 Å². The van der Waals surface area contributed by atoms with Gasteiger partial charge < -0.3 is 9.88 Å². The zero-order valence-corrected chi connectivity index (χ0v) is 12.6. The molecule has 6 heteroatoms. The molecule has 0 bridgehead atoms. The molecular formula is C16H19FN4O. The fraction of sp³-hybridized carbons (Fsp3) is 0.438. The lowest BCUT2D eigenvalue weighted by Crippen LogP contribution is -2.26. The van der Waals surface area contributed by atoms with Gasteiger partial charge in [0.05, 0.1) is 13.0 Å². The van der Waals surface area contributed by atoms with Crippen LogP contribution in [-0.2, 0) is 24.8 Å². The quantitative estimate of drug-likeness (QED) is 0.920. The Kier molecular flexibility index (Phi) is 4.18. The van der Waals surface area contributed by atoms with Crippen molar-refractivity contribution >= 4 is 5.91 Å². The van der Waals surface area contributed by atoms with Crippen LogP contribution < -0.4 is 5.32 Å². The lowest BCUT2D eigenvalue weighted by Gasteiger charge is -2.24. The molecule has 0 spiro atoms. The summed E-state index contributed by atoms with van der Waals surface area (Å²) < 4.78 is 15.1. The summed E-state index contributed by atoms with van der Waals surface area (Å²) in [6.07, 6.45) is 3.73. The molecule has 3 rings (SSSR count). The minimum atomic E-state index is -0.330. The van der Waals surface area contributed by atoms with E-state index < -0.39 is 0 Å². The number of carbonyl (C=O) groups excluding carboxylic acids is 1. The maximum Gasteiger partial charge on any atom is 0.224 e. The van der Waals surface area contributed by atoms with E-state index in [1.54, 1.807) is 12.1 Å². The van der Waals surface area contributed by atoms with Crippen molar-refractivity contribution in [3.05, 3.63) is 47.3 Å². The van der Waals surface area contributed by atoms with Gasteiger partial charge in [0.1, 0.15) is 11.6 Å². The van der Waals surface area contributed by atoms with E-state index in [4.69, 9.17) is 0 Å². The molecule has 0 radical (unpaired) electrons. The van der Waals surface area contributed by atoms with Crippen molar-refractivity contribution < 1.29 is 9.18 Å². The predicted octanol–water partition coefficient (Wildman–Crippen LogP) is 2.08. The fourth-order valence-corrected chi connectivity index (χ4v) is 2.62. The van der Waals surface area contributed by atoms with Gasteiger partial charge >= 0.3 is 0 Å². The first-order chi connectivity index (χ1) is 10.6. The van der Waals surface area contributed by atoms with E-state index >= 15 is 0 Å². The molecule has 1 aromatic carbocycles. The number of nitrogens with one attached hydrogen (secondary N) is 1. The number of hydrogen-bond donors (Lipinski definition) is 1. The first-order valence-corrected chi connectivity index (χ1v) is 7.53. The summed E-state index contributed by atoms with van der Waals surface area (Å²) >= 11 is 0. The van der Waals surface area contributed by atoms with Gasteiger partial charge in [-0.25, -0.2) is 4.39 Å². The molecule has 22 heavy (non-hydrogen) atoms. The van der Waals surface area contributed by atoms with Crippen LogP contribution in [0.2, 0.25) is 0 Å². The molecule has 0 unspecified atom stereocenters. The van der Waals surface area contributed by atoms with Crippen LogP contribution in [0.5, 0.6) is 0 Å². The van der Waals surface area contributed by atoms with E-state index in [0.717, 1.165) is 24.5 Å². The van der Waals surface area contributed by atoms with Crippen molar-refractivity contribution in [1.82, 2.24) is 20.1 Å². The Hall–Kier alpha value is -2.24. The van der Waals surface area contributed by atoms with Crippen LogP contribution in [0, 0.1) is 5.82 Å². The molecule has 1 fully saturated rings. The Morgan fingerprint density at radius 3 is 2.91 bits per heavy atom. The topological polar surface area (TPSA) is 59.8 Å². The van der Waals surface area contributed by atoms with Crippen molar-refractivity contribution in [2.45, 2.75) is 38.1 Å². The molecule has 1 aliphatic carbocycles. The highest BCUT2D eigenvalue weighted by molar-refractivity contribution is 5.78. The molecule has 1 aliphatic rings. The van der Waals surface area contributed by atoms with Gasteiger partial charge in [0.25, 0.3) is 0 Å². The van der Waals surface area contributed by atoms with Crippen LogP contribution >= 0.6 is 0 Å². The highest BCUT2D eigenvalue weighted by Gasteiger charge is 2.25. The van der Waals surface area contributed by atoms with Crippen LogP contribution in [0.1, 0.15) is 42.4 Å². The Morgan fingerprint density at radius 1 is 1.41 bits per heavy atom. The van der Waals surface area contributed by atoms with Gasteiger partial charge in [-0.05, 0) is 30.5 Å². The van der Waals surface area contributed by atoms with E-state index in [1.807, 2.05) is 11.6 Å². The normalized spacial score (nSPS) is 14.6. The Bertz CT molecular complexity index is 679. The van der Waals surface area contributed by atoms with Gasteiger partial charge in [-0.2, -0.15) is 0 Å². The fourth-order valence-electron chi connectivity index (χ4n) is 2.62. The third-order valence-electron chi connectivity index (χ3n) is 4.17. The van der Waals surface area contributed by atoms with Gasteiger partial charge in [0.2, 0.25) is 5.91 Å². The number of aromatic nitrogens is 3. The maximum absolute atomic E-state index is 13.1. The number of hydrogen-bond acceptors (Lipinski definition) is 3. The third kappa shape index (κ3) is 3.16. The van der Waals surface area contributed by atoms with Crippen molar-refractivity contribution in [3.63, 3.8) is 0 Å². The molecule has 1 aromatic heterocycles. The first kappa shape index (κ1) is 14.7. The summed E-state index contributed by atoms with van der Waals surface area (Å²) in [6, 6.07) is 6.07. The minimum Gasteiger partial charge on any atom is -0.349 e. The second kappa shape index (κ2) is 6.25. The first-order valence-electron chi connectivity index (χ1n) is 7.53. The van der Waals surface area contributed by atoms with Crippen LogP contribution in [0.15, 0.2) is 24.3 Å². The number of halogens is 1. The van der Waals surface area contributed by atoms with Gasteiger partial charge in [0, 0.05) is 13.0 Å². The summed E-state index contributed by atoms with van der Waals surface area (Å²) in [5.41, 5.74) is 0.658. The monoisotopic (exact) mass is 302 g/mol. The van der Waals surface area contributed by atoms with Crippen LogP contribution in [-0.4, -0.2) is 20.7 Å². The second-order valence-corrected chi connectivity index (χ2v) is 5.74. The Labute approximate surface area is 128 Å². The zero-order chi connectivity index (χ0) is 15.5. The molecule has 0 atom stereocenters. The van der Waals surface area contributed by atoms with E-state index in [1.165, 1.54) is 18.6 Å². The molecule has 1 N–H and O–H groups in total. The lowest BCUT2D eigenvalue weighted by molar-refractivity contribution is -0.120. The average Bonchev–Trinajstić information content (AvgIpc) is 2.76. The summed E-state index contributed by atoms with van der Waals surface area (Å²) in [4.78, 5) is 11.9. The number of amides is 1. The number of carbonyl (C=O) groups is 1. The van der Waals surface area contributed by atoms with Crippen LogP contribution in [0.3, 0.4) is 0 Å². The molecule has 116 valence electrons. The molecule has 1 saturated carbocycles. The van der Waals surface area contributed by atoms with Gasteiger partial charge in [-0.3, -0.25) is 4.79 Å². The second-order valence-electron chi connectivity index (χ2n) is 5.74. The van der Waals surface area contributed by atoms with Crippen LogP contribution in [0.25, 0.3) is 0 Å². The highest BCUT2D eigenvalue weighted by Crippen LogP contribution is 2.34. The molecular weight excluding hydrogens is 283 g/mol. The largest absolute Gasteiger partial charge is 0.349 e. The van der Waals surface area contributed by atoms with Crippen molar-refractivity contribution in [3.8, 4) is 0 Å². The number of rotatable bonds is 5. The predicted molar refractivity (Wildman–Crippen MR) is 79.5 cm³/mol. The lowest BCUT2D eigenvalue weighted by atomic mass is 9.85. The molecule has 1 amide bonds. The molecule has 0 aliphatic heterocycles. The molecule has 0 saturated heterocycles. The summed E-state index contributed by atoms with van der Waals surface area (Å²) in [5, 5.41) is 11.2. The maximum atomic E-state index is 13.1. The number of benzene rings is 1. The average molecular weight is 302 g/mol. The van der Waals surface area contributed by atoms with Crippen molar-refractivity contribution in [1.29, 1.82) is 0 Å². The molecule has 5 nitrogen and oxygen atoms in total. The molecule has 1 heterocycles. The van der Waals surface area contributed by atoms with Crippen molar-refractivity contribution in [2.24, 2.45) is 7.05 Å². The van der Waals surface area contributed by atoms with E-state index in [2.05, 4.69) is 15.5 Å². The number of nitrogens with zero attached hydrogens (tertiary/aromatic N) is 3. The SMILES string of the molecule is Cn1c(CNC(=O)Cc2cccc(F)c2)nnc1C1CCC1. The minimum absolute atomic E-state index is 0.154. The Balaban J connectivity index is 1.56. The summed E-state index contributed by atoms with van der Waals surface area (Å²) in [6.45, 7) is 0.338. The summed E-state index contributed by atoms with van der Waals surface area (Å²) in [7, 11) is 1.93. The Morgan fingerprint density at radius 2 is 2.23 bits per heavy atom. The van der Waals surface area contributed by atoms with Gasteiger partial charge in [-0.1, -0.05) is 18.6 Å². The van der Waals surface area contributed by atoms with E-state index in [-0.39, 0.29) is 18.1 Å². The standard InChI is InChI=1S/C16H19FN4O/c1-21-14(19-20-16(21)12-5-3-6-12)10-18-15(22)9-11-4-2-7-13(17)8-11/h2,4,7-8,12H,3,5-6,9-10H2,1H3,(H,18,22). The van der Waals surface area contributed by atoms with Crippen molar-refractivity contribution in [2.75, 3.05) is 0 Å². The van der Waals surface area contributed by atoms with Gasteiger partial charge in [0.15, 0.2) is 5.82 Å². The zero-order valence-electron chi connectivity index (χ0n) is 12.6. The smallest absolute Gasteiger partial charge is 0.224 e. The van der Waals surface area contributed by atoms with Crippen LogP contribution in [0.4, 0.5) is 4.39 Å². The van der Waals surface area contributed by atoms with E-state index in [9.17, 15) is 9.18 Å². The highest BCUT2D eigenvalue weighted by atomic mass is 19.1. The molecule has 2 aromatic rings. The van der Waals surface area contributed by atoms with E-state index in [0.29, 0.717) is 18.0 Å².